The number of carbonyl (C=O) groups is 1. The zero-order chi connectivity index (χ0) is 17.3. The van der Waals surface area contributed by atoms with Crippen LogP contribution in [0.5, 0.6) is 0 Å². The molecular formula is C17H15F2NO3S. The molecular weight excluding hydrogens is 336 g/mol. The molecule has 7 heteroatoms. The van der Waals surface area contributed by atoms with Gasteiger partial charge in [-0.1, -0.05) is 30.3 Å². The van der Waals surface area contributed by atoms with E-state index in [4.69, 9.17) is 0 Å². The fourth-order valence-corrected chi connectivity index (χ4v) is 3.53. The molecule has 0 radical (unpaired) electrons. The third kappa shape index (κ3) is 3.17. The van der Waals surface area contributed by atoms with Gasteiger partial charge in [-0.2, -0.15) is 8.78 Å². The van der Waals surface area contributed by atoms with Gasteiger partial charge in [-0.3, -0.25) is 4.79 Å². The van der Waals surface area contributed by atoms with E-state index in [1.807, 2.05) is 24.3 Å². The van der Waals surface area contributed by atoms with Gasteiger partial charge >= 0.3 is 5.76 Å². The Labute approximate surface area is 138 Å². The Morgan fingerprint density at radius 1 is 1.08 bits per heavy atom. The molecule has 126 valence electrons. The van der Waals surface area contributed by atoms with Crippen LogP contribution in [0.4, 0.5) is 14.5 Å². The summed E-state index contributed by atoms with van der Waals surface area (Å²) in [7, 11) is -4.47. The first-order chi connectivity index (χ1) is 11.4. The molecule has 0 spiro atoms. The number of benzene rings is 2. The van der Waals surface area contributed by atoms with E-state index in [1.54, 1.807) is 4.90 Å². The van der Waals surface area contributed by atoms with E-state index in [-0.39, 0.29) is 11.5 Å². The van der Waals surface area contributed by atoms with Crippen LogP contribution in [-0.4, -0.2) is 26.6 Å². The van der Waals surface area contributed by atoms with E-state index < -0.39 is 21.3 Å². The van der Waals surface area contributed by atoms with E-state index in [2.05, 4.69) is 0 Å². The summed E-state index contributed by atoms with van der Waals surface area (Å²) < 4.78 is 47.3. The van der Waals surface area contributed by atoms with Crippen molar-refractivity contribution in [1.29, 1.82) is 0 Å². The molecule has 0 N–H and O–H groups in total. The number of hydrogen-bond acceptors (Lipinski definition) is 3. The molecule has 0 bridgehead atoms. The van der Waals surface area contributed by atoms with E-state index in [1.165, 1.54) is 24.3 Å². The molecule has 0 unspecified atom stereocenters. The average Bonchev–Trinajstić information content (AvgIpc) is 2.98. The second kappa shape index (κ2) is 6.32. The number of nitrogens with zero attached hydrogens (tertiary/aromatic N) is 1. The van der Waals surface area contributed by atoms with Crippen molar-refractivity contribution in [2.24, 2.45) is 0 Å². The first-order valence-corrected chi connectivity index (χ1v) is 9.08. The van der Waals surface area contributed by atoms with E-state index in [9.17, 15) is 22.0 Å². The van der Waals surface area contributed by atoms with Crippen molar-refractivity contribution in [3.63, 3.8) is 0 Å². The lowest BCUT2D eigenvalue weighted by Gasteiger charge is -2.17. The highest BCUT2D eigenvalue weighted by molar-refractivity contribution is 7.90. The zero-order valence-electron chi connectivity index (χ0n) is 12.7. The third-order valence-corrected chi connectivity index (χ3v) is 5.25. The van der Waals surface area contributed by atoms with Gasteiger partial charge in [-0.25, -0.2) is 8.42 Å². The molecule has 24 heavy (non-hydrogen) atoms. The van der Waals surface area contributed by atoms with Crippen molar-refractivity contribution in [2.45, 2.75) is 17.9 Å². The van der Waals surface area contributed by atoms with Crippen LogP contribution in [0.1, 0.15) is 21.5 Å². The lowest BCUT2D eigenvalue weighted by atomic mass is 10.1. The predicted octanol–water partition coefficient (Wildman–Crippen LogP) is 3.03. The number of amides is 1. The summed E-state index contributed by atoms with van der Waals surface area (Å²) in [5.41, 5.74) is 2.59. The van der Waals surface area contributed by atoms with E-state index in [0.29, 0.717) is 12.1 Å². The molecule has 0 saturated carbocycles. The predicted molar refractivity (Wildman–Crippen MR) is 86.9 cm³/mol. The van der Waals surface area contributed by atoms with Gasteiger partial charge in [0, 0.05) is 17.8 Å². The maximum atomic E-state index is 12.6. The van der Waals surface area contributed by atoms with Crippen LogP contribution in [0.3, 0.4) is 0 Å². The lowest BCUT2D eigenvalue weighted by Crippen LogP contribution is -2.28. The summed E-state index contributed by atoms with van der Waals surface area (Å²) in [5.74, 6) is -4.34. The van der Waals surface area contributed by atoms with Gasteiger partial charge in [0.15, 0.2) is 0 Å². The highest BCUT2D eigenvalue weighted by Crippen LogP contribution is 2.29. The zero-order valence-corrected chi connectivity index (χ0v) is 13.5. The Morgan fingerprint density at radius 3 is 2.42 bits per heavy atom. The Morgan fingerprint density at radius 2 is 1.75 bits per heavy atom. The number of carbonyl (C=O) groups excluding carboxylic acids is 1. The first-order valence-electron chi connectivity index (χ1n) is 7.37. The number of hydrogen-bond donors (Lipinski definition) is 0. The Bertz CT molecular complexity index is 864. The molecule has 0 aliphatic carbocycles. The SMILES string of the molecule is O=C(c1ccc(CS(=O)(=O)C(F)F)cc1)N1CCc2ccccc21. The maximum Gasteiger partial charge on any atom is 0.337 e. The number of anilines is 1. The average molecular weight is 351 g/mol. The van der Waals surface area contributed by atoms with Crippen LogP contribution in [-0.2, 0) is 22.0 Å². The second-order valence-corrected chi connectivity index (χ2v) is 7.57. The molecule has 1 aliphatic rings. The number of fused-ring (bicyclic) bond motifs is 1. The minimum absolute atomic E-state index is 0.191. The summed E-state index contributed by atoms with van der Waals surface area (Å²) >= 11 is 0. The van der Waals surface area contributed by atoms with Crippen LogP contribution in [0.2, 0.25) is 0 Å². The van der Waals surface area contributed by atoms with Gasteiger partial charge in [0.25, 0.3) is 5.91 Å². The van der Waals surface area contributed by atoms with Crippen LogP contribution < -0.4 is 4.90 Å². The number of halogens is 2. The normalized spacial score (nSPS) is 14.0. The largest absolute Gasteiger partial charge is 0.337 e. The van der Waals surface area contributed by atoms with E-state index in [0.717, 1.165) is 17.7 Å². The quantitative estimate of drug-likeness (QED) is 0.851. The van der Waals surface area contributed by atoms with Crippen molar-refractivity contribution in [3.8, 4) is 0 Å². The van der Waals surface area contributed by atoms with Crippen LogP contribution in [0.25, 0.3) is 0 Å². The van der Waals surface area contributed by atoms with Crippen LogP contribution in [0, 0.1) is 0 Å². The van der Waals surface area contributed by atoms with Gasteiger partial charge in [0.1, 0.15) is 0 Å². The highest BCUT2D eigenvalue weighted by atomic mass is 32.2. The standard InChI is InChI=1S/C17H15F2NO3S/c18-17(19)24(22,23)11-12-5-7-14(8-6-12)16(21)20-10-9-13-3-1-2-4-15(13)20/h1-8,17H,9-11H2. The molecule has 1 amide bonds. The summed E-state index contributed by atoms with van der Waals surface area (Å²) in [6, 6.07) is 13.4. The summed E-state index contributed by atoms with van der Waals surface area (Å²) in [6.07, 6.45) is 0.784. The summed E-state index contributed by atoms with van der Waals surface area (Å²) in [6.45, 7) is 0.583. The van der Waals surface area contributed by atoms with Crippen molar-refractivity contribution in [2.75, 3.05) is 11.4 Å². The lowest BCUT2D eigenvalue weighted by molar-refractivity contribution is 0.0989. The topological polar surface area (TPSA) is 54.5 Å². The first kappa shape index (κ1) is 16.6. The maximum absolute atomic E-state index is 12.6. The van der Waals surface area contributed by atoms with Crippen LogP contribution in [0.15, 0.2) is 48.5 Å². The van der Waals surface area contributed by atoms with Crippen molar-refractivity contribution in [3.05, 3.63) is 65.2 Å². The number of para-hydroxylation sites is 1. The van der Waals surface area contributed by atoms with Gasteiger partial charge in [0.2, 0.25) is 9.84 Å². The molecule has 1 aliphatic heterocycles. The molecule has 0 atom stereocenters. The third-order valence-electron chi connectivity index (χ3n) is 3.97. The van der Waals surface area contributed by atoms with Crippen molar-refractivity contribution in [1.82, 2.24) is 0 Å². The minimum Gasteiger partial charge on any atom is -0.308 e. The van der Waals surface area contributed by atoms with Crippen molar-refractivity contribution < 1.29 is 22.0 Å². The molecule has 0 saturated heterocycles. The number of rotatable bonds is 4. The monoisotopic (exact) mass is 351 g/mol. The van der Waals surface area contributed by atoms with Crippen LogP contribution >= 0.6 is 0 Å². The van der Waals surface area contributed by atoms with Gasteiger partial charge in [-0.05, 0) is 35.7 Å². The van der Waals surface area contributed by atoms with Gasteiger partial charge in [-0.15, -0.1) is 0 Å². The second-order valence-electron chi connectivity index (χ2n) is 5.60. The molecule has 4 nitrogen and oxygen atoms in total. The fraction of sp³-hybridized carbons (Fsp3) is 0.235. The number of sulfone groups is 1. The molecule has 2 aromatic carbocycles. The Hall–Kier alpha value is -2.28. The minimum atomic E-state index is -4.47. The van der Waals surface area contributed by atoms with E-state index >= 15 is 0 Å². The highest BCUT2D eigenvalue weighted by Gasteiger charge is 2.26. The molecule has 2 aromatic rings. The van der Waals surface area contributed by atoms with Gasteiger partial charge < -0.3 is 4.90 Å². The fourth-order valence-electron chi connectivity index (χ4n) is 2.74. The van der Waals surface area contributed by atoms with Crippen molar-refractivity contribution >= 4 is 21.4 Å². The Kier molecular flexibility index (Phi) is 4.36. The summed E-state index contributed by atoms with van der Waals surface area (Å²) in [4.78, 5) is 14.3. The molecule has 0 aromatic heterocycles. The van der Waals surface area contributed by atoms with Gasteiger partial charge in [0.05, 0.1) is 5.75 Å². The Balaban J connectivity index is 1.78. The number of alkyl halides is 2. The summed E-state index contributed by atoms with van der Waals surface area (Å²) in [5, 5.41) is 0. The molecule has 3 rings (SSSR count). The molecule has 1 heterocycles. The smallest absolute Gasteiger partial charge is 0.308 e. The molecule has 0 fully saturated rings.